The molecule has 1 nitrogen and oxygen atoms in total. The summed E-state index contributed by atoms with van der Waals surface area (Å²) in [5, 5.41) is 3.93. The molecule has 4 atom stereocenters. The van der Waals surface area contributed by atoms with Crippen LogP contribution >= 0.6 is 0 Å². The van der Waals surface area contributed by atoms with E-state index in [1.54, 1.807) is 0 Å². The van der Waals surface area contributed by atoms with Crippen LogP contribution in [0.4, 0.5) is 0 Å². The fourth-order valence-corrected chi connectivity index (χ4v) is 4.19. The van der Waals surface area contributed by atoms with Gasteiger partial charge in [-0.2, -0.15) is 0 Å². The molecule has 3 aliphatic rings. The molecule has 0 aromatic rings. The van der Waals surface area contributed by atoms with Crippen molar-refractivity contribution in [3.63, 3.8) is 0 Å². The van der Waals surface area contributed by atoms with Crippen molar-refractivity contribution < 1.29 is 0 Å². The maximum absolute atomic E-state index is 3.93. The largest absolute Gasteiger partial charge is 0.311 e. The zero-order valence-electron chi connectivity index (χ0n) is 11.2. The molecule has 0 aromatic carbocycles. The number of nitrogens with one attached hydrogen (secondary N) is 1. The lowest BCUT2D eigenvalue weighted by Crippen LogP contribution is -2.52. The number of rotatable bonds is 3. The van der Waals surface area contributed by atoms with E-state index in [0.717, 1.165) is 29.8 Å². The third-order valence-corrected chi connectivity index (χ3v) is 5.45. The van der Waals surface area contributed by atoms with Crippen molar-refractivity contribution in [1.29, 1.82) is 0 Å². The first-order chi connectivity index (χ1) is 8.34. The van der Waals surface area contributed by atoms with E-state index in [9.17, 15) is 0 Å². The molecule has 17 heavy (non-hydrogen) atoms. The summed E-state index contributed by atoms with van der Waals surface area (Å²) in [5.74, 6) is 2.82. The van der Waals surface area contributed by atoms with Gasteiger partial charge in [0.05, 0.1) is 0 Å². The van der Waals surface area contributed by atoms with Gasteiger partial charge in [-0.15, -0.1) is 0 Å². The van der Waals surface area contributed by atoms with E-state index in [1.807, 2.05) is 0 Å². The highest BCUT2D eigenvalue weighted by molar-refractivity contribution is 5.13. The topological polar surface area (TPSA) is 12.0 Å². The number of hydrogen-bond donors (Lipinski definition) is 1. The molecule has 2 fully saturated rings. The van der Waals surface area contributed by atoms with E-state index in [2.05, 4.69) is 24.4 Å². The molecular formula is C16H27N. The van der Waals surface area contributed by atoms with Crippen LogP contribution in [-0.2, 0) is 0 Å². The lowest BCUT2D eigenvalue weighted by atomic mass is 9.70. The standard InChI is InChI=1S/C16H27N/c1-12(13-7-4-2-3-5-8-13)17-16-11-14-9-6-10-15(14)16/h6,10,12-17H,2-5,7-9,11H2,1H3/t12-,14?,15?,16?/m1/s1. The second-order valence-corrected chi connectivity index (χ2v) is 6.55. The highest BCUT2D eigenvalue weighted by atomic mass is 15.0. The molecule has 0 aliphatic heterocycles. The van der Waals surface area contributed by atoms with Crippen LogP contribution in [0.1, 0.15) is 58.3 Å². The summed E-state index contributed by atoms with van der Waals surface area (Å²) in [4.78, 5) is 0. The molecule has 0 bridgehead atoms. The minimum Gasteiger partial charge on any atom is -0.311 e. The Bertz CT molecular complexity index is 275. The van der Waals surface area contributed by atoms with Crippen molar-refractivity contribution in [2.24, 2.45) is 17.8 Å². The third-order valence-electron chi connectivity index (χ3n) is 5.45. The Morgan fingerprint density at radius 3 is 2.59 bits per heavy atom. The van der Waals surface area contributed by atoms with E-state index < -0.39 is 0 Å². The average molecular weight is 233 g/mol. The Morgan fingerprint density at radius 1 is 1.12 bits per heavy atom. The zero-order chi connectivity index (χ0) is 11.7. The van der Waals surface area contributed by atoms with Gasteiger partial charge >= 0.3 is 0 Å². The molecule has 3 rings (SSSR count). The van der Waals surface area contributed by atoms with Gasteiger partial charge in [0, 0.05) is 12.1 Å². The summed E-state index contributed by atoms with van der Waals surface area (Å²) >= 11 is 0. The molecule has 3 unspecified atom stereocenters. The van der Waals surface area contributed by atoms with Crippen molar-refractivity contribution >= 4 is 0 Å². The molecular weight excluding hydrogens is 206 g/mol. The van der Waals surface area contributed by atoms with E-state index in [0.29, 0.717) is 0 Å². The fraction of sp³-hybridized carbons (Fsp3) is 0.875. The van der Waals surface area contributed by atoms with Crippen LogP contribution < -0.4 is 5.32 Å². The van der Waals surface area contributed by atoms with Crippen LogP contribution in [0.15, 0.2) is 12.2 Å². The van der Waals surface area contributed by atoms with Crippen molar-refractivity contribution in [1.82, 2.24) is 5.32 Å². The van der Waals surface area contributed by atoms with E-state index >= 15 is 0 Å². The van der Waals surface area contributed by atoms with Crippen LogP contribution in [-0.4, -0.2) is 12.1 Å². The maximum atomic E-state index is 3.93. The SMILES string of the molecule is C[C@@H](NC1CC2CC=CC21)C1CCCCCC1. The molecule has 0 radical (unpaired) electrons. The van der Waals surface area contributed by atoms with Crippen LogP contribution in [0.3, 0.4) is 0 Å². The molecule has 0 aromatic heterocycles. The summed E-state index contributed by atoms with van der Waals surface area (Å²) in [5.41, 5.74) is 0. The van der Waals surface area contributed by atoms with Gasteiger partial charge < -0.3 is 5.32 Å². The Labute approximate surface area is 106 Å². The van der Waals surface area contributed by atoms with E-state index in [-0.39, 0.29) is 0 Å². The molecule has 0 spiro atoms. The van der Waals surface area contributed by atoms with Gasteiger partial charge in [0.25, 0.3) is 0 Å². The molecule has 3 aliphatic carbocycles. The summed E-state index contributed by atoms with van der Waals surface area (Å²) in [6, 6.07) is 1.55. The Morgan fingerprint density at radius 2 is 1.88 bits per heavy atom. The second kappa shape index (κ2) is 5.14. The van der Waals surface area contributed by atoms with Crippen LogP contribution in [0.2, 0.25) is 0 Å². The van der Waals surface area contributed by atoms with Crippen LogP contribution in [0.25, 0.3) is 0 Å². The minimum atomic E-state index is 0.744. The van der Waals surface area contributed by atoms with E-state index in [4.69, 9.17) is 0 Å². The van der Waals surface area contributed by atoms with Gasteiger partial charge in [-0.3, -0.25) is 0 Å². The van der Waals surface area contributed by atoms with Gasteiger partial charge in [0.15, 0.2) is 0 Å². The monoisotopic (exact) mass is 233 g/mol. The van der Waals surface area contributed by atoms with Crippen molar-refractivity contribution in [2.45, 2.75) is 70.4 Å². The Kier molecular flexibility index (Phi) is 3.56. The van der Waals surface area contributed by atoms with Gasteiger partial charge in [0.1, 0.15) is 0 Å². The third kappa shape index (κ3) is 2.45. The molecule has 0 heterocycles. The maximum Gasteiger partial charge on any atom is 0.0138 e. The normalized spacial score (nSPS) is 39.5. The van der Waals surface area contributed by atoms with Crippen molar-refractivity contribution in [2.75, 3.05) is 0 Å². The molecule has 2 saturated carbocycles. The van der Waals surface area contributed by atoms with E-state index in [1.165, 1.54) is 51.4 Å². The fourth-order valence-electron chi connectivity index (χ4n) is 4.19. The number of hydrogen-bond acceptors (Lipinski definition) is 1. The zero-order valence-corrected chi connectivity index (χ0v) is 11.2. The Balaban J connectivity index is 1.49. The molecule has 0 saturated heterocycles. The van der Waals surface area contributed by atoms with Crippen molar-refractivity contribution in [3.05, 3.63) is 12.2 Å². The van der Waals surface area contributed by atoms with Gasteiger partial charge in [-0.1, -0.05) is 37.8 Å². The Hall–Kier alpha value is -0.300. The number of fused-ring (bicyclic) bond motifs is 1. The quantitative estimate of drug-likeness (QED) is 0.576. The summed E-state index contributed by atoms with van der Waals surface area (Å²) in [7, 11) is 0. The van der Waals surface area contributed by atoms with Crippen LogP contribution in [0.5, 0.6) is 0 Å². The van der Waals surface area contributed by atoms with Crippen molar-refractivity contribution in [3.8, 4) is 0 Å². The predicted octanol–water partition coefficient (Wildman–Crippen LogP) is 3.90. The molecule has 1 heteroatoms. The van der Waals surface area contributed by atoms with Gasteiger partial charge in [-0.05, 0) is 50.4 Å². The lowest BCUT2D eigenvalue weighted by molar-refractivity contribution is 0.137. The van der Waals surface area contributed by atoms with Gasteiger partial charge in [-0.25, -0.2) is 0 Å². The first-order valence-corrected chi connectivity index (χ1v) is 7.77. The number of allylic oxidation sites excluding steroid dienone is 1. The predicted molar refractivity (Wildman–Crippen MR) is 72.9 cm³/mol. The molecule has 0 amide bonds. The molecule has 1 N–H and O–H groups in total. The lowest BCUT2D eigenvalue weighted by Gasteiger charge is -2.43. The average Bonchev–Trinajstić information content (AvgIpc) is 2.56. The van der Waals surface area contributed by atoms with Gasteiger partial charge in [0.2, 0.25) is 0 Å². The smallest absolute Gasteiger partial charge is 0.0138 e. The second-order valence-electron chi connectivity index (χ2n) is 6.55. The highest BCUT2D eigenvalue weighted by Crippen LogP contribution is 2.43. The first kappa shape index (κ1) is 11.8. The summed E-state index contributed by atoms with van der Waals surface area (Å²) in [6.45, 7) is 2.43. The summed E-state index contributed by atoms with van der Waals surface area (Å²) < 4.78 is 0. The highest BCUT2D eigenvalue weighted by Gasteiger charge is 2.41. The molecule has 96 valence electrons. The first-order valence-electron chi connectivity index (χ1n) is 7.77. The minimum absolute atomic E-state index is 0.744. The summed E-state index contributed by atoms with van der Waals surface area (Å²) in [6.07, 6.45) is 16.4. The van der Waals surface area contributed by atoms with Crippen LogP contribution in [0, 0.1) is 17.8 Å².